The van der Waals surface area contributed by atoms with Gasteiger partial charge in [-0.25, -0.2) is 4.79 Å². The zero-order valence-electron chi connectivity index (χ0n) is 12.8. The third-order valence-electron chi connectivity index (χ3n) is 3.40. The first-order valence-electron chi connectivity index (χ1n) is 7.08. The fourth-order valence-corrected chi connectivity index (χ4v) is 2.26. The number of ether oxygens (including phenoxy) is 3. The molecule has 1 aliphatic heterocycles. The number of benzene rings is 1. The maximum absolute atomic E-state index is 12.0. The smallest absolute Gasteiger partial charge is 0.338 e. The van der Waals surface area contributed by atoms with Gasteiger partial charge in [0, 0.05) is 11.8 Å². The first-order valence-corrected chi connectivity index (χ1v) is 7.08. The molecule has 8 heteroatoms. The Morgan fingerprint density at radius 2 is 2.09 bits per heavy atom. The summed E-state index contributed by atoms with van der Waals surface area (Å²) in [6.45, 7) is 3.18. The van der Waals surface area contributed by atoms with Gasteiger partial charge in [0.25, 0.3) is 0 Å². The average molecular weight is 319 g/mol. The minimum absolute atomic E-state index is 0.0891. The van der Waals surface area contributed by atoms with Crippen molar-refractivity contribution in [1.29, 1.82) is 0 Å². The lowest BCUT2D eigenvalue weighted by molar-refractivity contribution is -0.146. The van der Waals surface area contributed by atoms with E-state index in [1.54, 1.807) is 12.1 Å². The van der Waals surface area contributed by atoms with Gasteiger partial charge in [0.1, 0.15) is 24.9 Å². The number of carbonyl (C=O) groups is 2. The number of nitrogens with zero attached hydrogens (tertiary/aromatic N) is 3. The fourth-order valence-electron chi connectivity index (χ4n) is 2.26. The lowest BCUT2D eigenvalue weighted by atomic mass is 10.1. The van der Waals surface area contributed by atoms with E-state index in [1.807, 2.05) is 19.1 Å². The maximum Gasteiger partial charge on any atom is 0.338 e. The van der Waals surface area contributed by atoms with E-state index in [2.05, 4.69) is 10.0 Å². The van der Waals surface area contributed by atoms with Crippen LogP contribution < -0.4 is 0 Å². The van der Waals surface area contributed by atoms with Gasteiger partial charge in [-0.2, -0.15) is 0 Å². The molecule has 8 nitrogen and oxygen atoms in total. The predicted octanol–water partition coefficient (Wildman–Crippen LogP) is 2.16. The summed E-state index contributed by atoms with van der Waals surface area (Å²) in [4.78, 5) is 25.7. The van der Waals surface area contributed by atoms with Crippen LogP contribution in [0.5, 0.6) is 0 Å². The van der Waals surface area contributed by atoms with Crippen LogP contribution in [0.4, 0.5) is 0 Å². The molecule has 0 radical (unpaired) electrons. The first-order chi connectivity index (χ1) is 11.0. The van der Waals surface area contributed by atoms with Gasteiger partial charge >= 0.3 is 11.9 Å². The van der Waals surface area contributed by atoms with Crippen molar-refractivity contribution in [1.82, 2.24) is 0 Å². The van der Waals surface area contributed by atoms with E-state index in [-0.39, 0.29) is 13.2 Å². The molecule has 23 heavy (non-hydrogen) atoms. The molecule has 0 aliphatic carbocycles. The van der Waals surface area contributed by atoms with Crippen LogP contribution in [0.3, 0.4) is 0 Å². The molecule has 1 aromatic carbocycles. The summed E-state index contributed by atoms with van der Waals surface area (Å²) in [5.41, 5.74) is 10.1. The van der Waals surface area contributed by atoms with Crippen LogP contribution in [0.15, 0.2) is 29.4 Å². The lowest BCUT2D eigenvalue weighted by Gasteiger charge is -2.17. The highest BCUT2D eigenvalue weighted by molar-refractivity contribution is 5.89. The van der Waals surface area contributed by atoms with Gasteiger partial charge in [-0.15, -0.1) is 0 Å². The molecule has 1 unspecified atom stereocenters. The molecule has 3 atom stereocenters. The molecule has 1 heterocycles. The van der Waals surface area contributed by atoms with E-state index in [1.165, 1.54) is 6.92 Å². The lowest BCUT2D eigenvalue weighted by Crippen LogP contribution is -2.34. The van der Waals surface area contributed by atoms with Crippen molar-refractivity contribution < 1.29 is 23.8 Å². The average Bonchev–Trinajstić information content (AvgIpc) is 2.87. The van der Waals surface area contributed by atoms with Gasteiger partial charge in [-0.3, -0.25) is 4.79 Å². The molecule has 1 saturated heterocycles. The molecular formula is C15H17N3O5. The first kappa shape index (κ1) is 16.8. The van der Waals surface area contributed by atoms with Crippen molar-refractivity contribution in [2.45, 2.75) is 32.1 Å². The summed E-state index contributed by atoms with van der Waals surface area (Å²) >= 11 is 0. The second-order valence-electron chi connectivity index (χ2n) is 5.18. The predicted molar refractivity (Wildman–Crippen MR) is 79.7 cm³/mol. The molecule has 2 rings (SSSR count). The van der Waals surface area contributed by atoms with Gasteiger partial charge in [0.15, 0.2) is 0 Å². The Balaban J connectivity index is 1.96. The Morgan fingerprint density at radius 1 is 1.39 bits per heavy atom. The molecule has 0 bridgehead atoms. The number of rotatable bonds is 5. The molecule has 1 aromatic rings. The van der Waals surface area contributed by atoms with E-state index in [0.29, 0.717) is 5.56 Å². The second-order valence-corrected chi connectivity index (χ2v) is 5.18. The summed E-state index contributed by atoms with van der Waals surface area (Å²) in [5, 5.41) is 3.59. The Labute approximate surface area is 133 Å². The standard InChI is InChI=1S/C15H17N3O5/c1-9-3-5-11(6-4-9)15(20)22-7-12-14(17-18-16)13(8-21-12)23-10(2)19/h3-6,12-14H,7-8H2,1-2H3/t12-,13+,14?/m1/s1. The second kappa shape index (κ2) is 7.62. The van der Waals surface area contributed by atoms with E-state index < -0.39 is 30.2 Å². The molecule has 0 aromatic heterocycles. The number of hydrogen-bond donors (Lipinski definition) is 0. The molecule has 1 fully saturated rings. The van der Waals surface area contributed by atoms with Crippen LogP contribution in [0.1, 0.15) is 22.8 Å². The van der Waals surface area contributed by atoms with Crippen LogP contribution >= 0.6 is 0 Å². The van der Waals surface area contributed by atoms with E-state index in [9.17, 15) is 9.59 Å². The number of carbonyl (C=O) groups excluding carboxylic acids is 2. The summed E-state index contributed by atoms with van der Waals surface area (Å²) in [6, 6.07) is 6.22. The summed E-state index contributed by atoms with van der Waals surface area (Å²) < 4.78 is 15.7. The van der Waals surface area contributed by atoms with E-state index >= 15 is 0 Å². The quantitative estimate of drug-likeness (QED) is 0.357. The van der Waals surface area contributed by atoms with Gasteiger partial charge < -0.3 is 14.2 Å². The summed E-state index contributed by atoms with van der Waals surface area (Å²) in [6.07, 6.45) is -1.32. The number of esters is 2. The topological polar surface area (TPSA) is 111 Å². The zero-order valence-corrected chi connectivity index (χ0v) is 12.8. The minimum Gasteiger partial charge on any atom is -0.460 e. The molecule has 0 spiro atoms. The van der Waals surface area contributed by atoms with Gasteiger partial charge in [-0.1, -0.05) is 22.8 Å². The molecule has 0 amide bonds. The molecular weight excluding hydrogens is 302 g/mol. The molecule has 0 saturated carbocycles. The van der Waals surface area contributed by atoms with Crippen LogP contribution in [0, 0.1) is 6.92 Å². The van der Waals surface area contributed by atoms with Gasteiger partial charge in [0.2, 0.25) is 0 Å². The number of aryl methyl sites for hydroxylation is 1. The Bertz CT molecular complexity index is 625. The Hall–Kier alpha value is -2.57. The highest BCUT2D eigenvalue weighted by Gasteiger charge is 2.39. The van der Waals surface area contributed by atoms with Crippen molar-refractivity contribution in [2.24, 2.45) is 5.11 Å². The van der Waals surface area contributed by atoms with Crippen molar-refractivity contribution in [2.75, 3.05) is 13.2 Å². The number of azide groups is 1. The van der Waals surface area contributed by atoms with Crippen molar-refractivity contribution >= 4 is 11.9 Å². The largest absolute Gasteiger partial charge is 0.460 e. The van der Waals surface area contributed by atoms with Gasteiger partial charge in [-0.05, 0) is 24.6 Å². The van der Waals surface area contributed by atoms with Crippen LogP contribution in [-0.4, -0.2) is 43.4 Å². The third kappa shape index (κ3) is 4.45. The Kier molecular flexibility index (Phi) is 5.56. The Morgan fingerprint density at radius 3 is 2.70 bits per heavy atom. The maximum atomic E-state index is 12.0. The molecule has 0 N–H and O–H groups in total. The monoisotopic (exact) mass is 319 g/mol. The normalized spacial score (nSPS) is 23.0. The highest BCUT2D eigenvalue weighted by Crippen LogP contribution is 2.22. The zero-order chi connectivity index (χ0) is 16.8. The van der Waals surface area contributed by atoms with E-state index in [4.69, 9.17) is 19.7 Å². The third-order valence-corrected chi connectivity index (χ3v) is 3.40. The van der Waals surface area contributed by atoms with Crippen molar-refractivity contribution in [3.05, 3.63) is 45.8 Å². The summed E-state index contributed by atoms with van der Waals surface area (Å²) in [5.74, 6) is -0.988. The van der Waals surface area contributed by atoms with Crippen molar-refractivity contribution in [3.63, 3.8) is 0 Å². The van der Waals surface area contributed by atoms with Gasteiger partial charge in [0.05, 0.1) is 12.2 Å². The molecule has 122 valence electrons. The fraction of sp³-hybridized carbons (Fsp3) is 0.467. The minimum atomic E-state index is -0.727. The molecule has 1 aliphatic rings. The van der Waals surface area contributed by atoms with Crippen LogP contribution in [0.2, 0.25) is 0 Å². The van der Waals surface area contributed by atoms with E-state index in [0.717, 1.165) is 5.56 Å². The van der Waals surface area contributed by atoms with Crippen molar-refractivity contribution in [3.8, 4) is 0 Å². The van der Waals surface area contributed by atoms with Crippen LogP contribution in [-0.2, 0) is 19.0 Å². The highest BCUT2D eigenvalue weighted by atomic mass is 16.6. The summed E-state index contributed by atoms with van der Waals surface area (Å²) in [7, 11) is 0. The van der Waals surface area contributed by atoms with Crippen LogP contribution in [0.25, 0.3) is 10.4 Å². The number of hydrogen-bond acceptors (Lipinski definition) is 6. The SMILES string of the molecule is CC(=O)O[C@H]1CO[C@H](COC(=O)c2ccc(C)cc2)C1N=[N+]=[N-].